The summed E-state index contributed by atoms with van der Waals surface area (Å²) in [6.45, 7) is 6.66. The van der Waals surface area contributed by atoms with E-state index in [-0.39, 0.29) is 32.2 Å². The molecule has 0 aliphatic rings. The normalized spacial score (nSPS) is 11.5. The van der Waals surface area contributed by atoms with Crippen LogP contribution in [0.5, 0.6) is 5.75 Å². The van der Waals surface area contributed by atoms with E-state index in [4.69, 9.17) is 9.97 Å². The molecule has 248 valence electrons. The van der Waals surface area contributed by atoms with Gasteiger partial charge in [-0.2, -0.15) is 0 Å². The smallest absolute Gasteiger partial charge is 0.148 e. The molecule has 0 saturated carbocycles. The first-order chi connectivity index (χ1) is 23.8. The Morgan fingerprint density at radius 3 is 2.10 bits per heavy atom. The minimum Gasteiger partial charge on any atom is -0.507 e. The molecular weight excluding hydrogens is 794 g/mol. The van der Waals surface area contributed by atoms with Crippen molar-refractivity contribution in [3.63, 3.8) is 0 Å². The number of benzene rings is 6. The van der Waals surface area contributed by atoms with Crippen LogP contribution in [0.2, 0.25) is 0 Å². The van der Waals surface area contributed by atoms with E-state index in [9.17, 15) is 5.11 Å². The molecule has 0 unspecified atom stereocenters. The number of fused-ring (bicyclic) bond motifs is 2. The molecule has 50 heavy (non-hydrogen) atoms. The molecule has 0 fully saturated rings. The third-order valence-electron chi connectivity index (χ3n) is 9.21. The number of nitrogens with zero attached hydrogens (tertiary/aromatic N) is 3. The third kappa shape index (κ3) is 6.28. The first-order valence-corrected chi connectivity index (χ1v) is 16.7. The van der Waals surface area contributed by atoms with Crippen LogP contribution in [0.3, 0.4) is 0 Å². The maximum absolute atomic E-state index is 11.0. The van der Waals surface area contributed by atoms with Crippen molar-refractivity contribution in [2.75, 3.05) is 0 Å². The van der Waals surface area contributed by atoms with Gasteiger partial charge in [-0.25, -0.2) is 4.98 Å². The minimum atomic E-state index is 0. The SMILES string of the molecule is CC(C)(C)c1ccc(-n2c(-c3ccccc3O)nc3c(-c4[c-]c(-c5cc(Cc6ccccc6)cc6cccnc56)ccc4)cccc32)cc1.[Pt]. The summed E-state index contributed by atoms with van der Waals surface area (Å²) in [5.41, 5.74) is 12.1. The van der Waals surface area contributed by atoms with Crippen LogP contribution in [-0.2, 0) is 32.9 Å². The Morgan fingerprint density at radius 2 is 1.34 bits per heavy atom. The molecule has 5 heteroatoms. The number of para-hydroxylation sites is 2. The predicted molar refractivity (Wildman–Crippen MR) is 201 cm³/mol. The van der Waals surface area contributed by atoms with E-state index in [1.54, 1.807) is 6.07 Å². The maximum Gasteiger partial charge on any atom is 0.148 e. The van der Waals surface area contributed by atoms with E-state index in [2.05, 4.69) is 141 Å². The van der Waals surface area contributed by atoms with E-state index >= 15 is 0 Å². The molecule has 0 radical (unpaired) electrons. The zero-order valence-electron chi connectivity index (χ0n) is 28.2. The number of hydrogen-bond acceptors (Lipinski definition) is 3. The van der Waals surface area contributed by atoms with Crippen LogP contribution in [0.15, 0.2) is 146 Å². The second kappa shape index (κ2) is 13.5. The van der Waals surface area contributed by atoms with Gasteiger partial charge in [0.2, 0.25) is 0 Å². The van der Waals surface area contributed by atoms with E-state index < -0.39 is 0 Å². The second-order valence-corrected chi connectivity index (χ2v) is 13.6. The fraction of sp³-hybridized carbons (Fsp3) is 0.111. The van der Waals surface area contributed by atoms with Gasteiger partial charge in [0, 0.05) is 38.5 Å². The number of phenols is 1. The van der Waals surface area contributed by atoms with Gasteiger partial charge in [0.25, 0.3) is 0 Å². The average molecular weight is 830 g/mol. The molecule has 0 atom stereocenters. The fourth-order valence-electron chi connectivity index (χ4n) is 6.71. The summed E-state index contributed by atoms with van der Waals surface area (Å²) < 4.78 is 2.15. The van der Waals surface area contributed by atoms with Crippen molar-refractivity contribution in [3.05, 3.63) is 168 Å². The summed E-state index contributed by atoms with van der Waals surface area (Å²) in [5, 5.41) is 12.1. The van der Waals surface area contributed by atoms with Gasteiger partial charge in [0.05, 0.1) is 16.6 Å². The van der Waals surface area contributed by atoms with Crippen LogP contribution in [0.4, 0.5) is 0 Å². The van der Waals surface area contributed by atoms with Gasteiger partial charge in [-0.05, 0) is 70.3 Å². The maximum atomic E-state index is 11.0. The predicted octanol–water partition coefficient (Wildman–Crippen LogP) is 11.0. The third-order valence-corrected chi connectivity index (χ3v) is 9.21. The minimum absolute atomic E-state index is 0. The fourth-order valence-corrected chi connectivity index (χ4v) is 6.71. The van der Waals surface area contributed by atoms with Crippen molar-refractivity contribution < 1.29 is 26.2 Å². The van der Waals surface area contributed by atoms with Crippen molar-refractivity contribution in [2.24, 2.45) is 0 Å². The first kappa shape index (κ1) is 33.2. The van der Waals surface area contributed by atoms with E-state index in [0.29, 0.717) is 11.4 Å². The molecule has 0 bridgehead atoms. The quantitative estimate of drug-likeness (QED) is 0.170. The first-order valence-electron chi connectivity index (χ1n) is 16.7. The van der Waals surface area contributed by atoms with Gasteiger partial charge in [-0.3, -0.25) is 9.55 Å². The molecule has 0 spiro atoms. The Kier molecular flexibility index (Phi) is 8.99. The van der Waals surface area contributed by atoms with Crippen LogP contribution in [-0.4, -0.2) is 19.6 Å². The topological polar surface area (TPSA) is 50.9 Å². The molecule has 1 N–H and O–H groups in total. The summed E-state index contributed by atoms with van der Waals surface area (Å²) in [5.74, 6) is 0.874. The largest absolute Gasteiger partial charge is 0.507 e. The van der Waals surface area contributed by atoms with Crippen LogP contribution in [0.1, 0.15) is 37.5 Å². The van der Waals surface area contributed by atoms with E-state index in [1.165, 1.54) is 16.7 Å². The summed E-state index contributed by atoms with van der Waals surface area (Å²) in [7, 11) is 0. The number of pyridine rings is 1. The Balaban J connectivity index is 0.00000392. The zero-order valence-corrected chi connectivity index (χ0v) is 30.4. The summed E-state index contributed by atoms with van der Waals surface area (Å²) in [6, 6.07) is 51.6. The van der Waals surface area contributed by atoms with Crippen molar-refractivity contribution in [3.8, 4) is 45.1 Å². The molecule has 2 aromatic heterocycles. The number of imidazole rings is 1. The molecule has 0 aliphatic carbocycles. The van der Waals surface area contributed by atoms with Crippen molar-refractivity contribution in [2.45, 2.75) is 32.6 Å². The molecule has 4 nitrogen and oxygen atoms in total. The van der Waals surface area contributed by atoms with E-state index in [0.717, 1.165) is 56.3 Å². The molecule has 0 saturated heterocycles. The van der Waals surface area contributed by atoms with Gasteiger partial charge < -0.3 is 5.11 Å². The number of rotatable bonds is 6. The van der Waals surface area contributed by atoms with Crippen molar-refractivity contribution in [1.82, 2.24) is 14.5 Å². The van der Waals surface area contributed by atoms with Gasteiger partial charge >= 0.3 is 0 Å². The van der Waals surface area contributed by atoms with Gasteiger partial charge in [-0.1, -0.05) is 117 Å². The summed E-state index contributed by atoms with van der Waals surface area (Å²) in [6.07, 6.45) is 2.69. The molecule has 0 aliphatic heterocycles. The Hall–Kier alpha value is -5.31. The van der Waals surface area contributed by atoms with Crippen LogP contribution >= 0.6 is 0 Å². The molecule has 6 aromatic carbocycles. The molecule has 0 amide bonds. The Morgan fingerprint density at radius 1 is 0.640 bits per heavy atom. The average Bonchev–Trinajstić information content (AvgIpc) is 3.51. The van der Waals surface area contributed by atoms with Gasteiger partial charge in [0.15, 0.2) is 0 Å². The Bertz CT molecular complexity index is 2460. The zero-order chi connectivity index (χ0) is 33.5. The Labute approximate surface area is 307 Å². The van der Waals surface area contributed by atoms with Gasteiger partial charge in [0.1, 0.15) is 11.6 Å². The summed E-state index contributed by atoms with van der Waals surface area (Å²) in [4.78, 5) is 10.1. The van der Waals surface area contributed by atoms with Crippen LogP contribution in [0, 0.1) is 6.07 Å². The molecule has 8 aromatic rings. The number of aromatic nitrogens is 3. The van der Waals surface area contributed by atoms with Crippen LogP contribution in [0.25, 0.3) is 61.3 Å². The number of hydrogen-bond donors (Lipinski definition) is 1. The molecule has 8 rings (SSSR count). The van der Waals surface area contributed by atoms with Crippen molar-refractivity contribution in [1.29, 1.82) is 0 Å². The molecule has 2 heterocycles. The van der Waals surface area contributed by atoms with Crippen molar-refractivity contribution >= 4 is 21.9 Å². The van der Waals surface area contributed by atoms with Gasteiger partial charge in [-0.15, -0.1) is 35.4 Å². The number of aromatic hydroxyl groups is 1. The summed E-state index contributed by atoms with van der Waals surface area (Å²) >= 11 is 0. The second-order valence-electron chi connectivity index (χ2n) is 13.6. The number of phenolic OH excluding ortho intramolecular Hbond substituents is 1. The van der Waals surface area contributed by atoms with Crippen LogP contribution < -0.4 is 0 Å². The standard InChI is InChI=1S/C45H36N3O.Pt/c1-45(2,3)35-21-23-36(24-22-35)48-40-19-10-18-37(43(40)47-44(48)38-17-7-8-20-41(38)49)32-14-9-15-33(29-32)39-28-31(26-30-12-5-4-6-13-30)27-34-16-11-25-46-42(34)39;/h4-25,27-28,49H,26H2,1-3H3;/q-1;. The molecular formula is C45H36N3OPt-. The monoisotopic (exact) mass is 829 g/mol. The van der Waals surface area contributed by atoms with E-state index in [1.807, 2.05) is 30.5 Å².